The van der Waals surface area contributed by atoms with E-state index in [-0.39, 0.29) is 11.8 Å². The van der Waals surface area contributed by atoms with Crippen molar-refractivity contribution in [2.24, 2.45) is 5.92 Å². The third kappa shape index (κ3) is 3.42. The predicted molar refractivity (Wildman–Crippen MR) is 94.2 cm³/mol. The van der Waals surface area contributed by atoms with Crippen molar-refractivity contribution in [1.82, 2.24) is 9.97 Å². The molecular formula is C19H21N3O. The molecule has 2 N–H and O–H groups in total. The van der Waals surface area contributed by atoms with Gasteiger partial charge in [-0.1, -0.05) is 44.5 Å². The molecule has 0 saturated heterocycles. The maximum Gasteiger partial charge on any atom is 0.227 e. The van der Waals surface area contributed by atoms with Crippen molar-refractivity contribution in [1.29, 1.82) is 0 Å². The molecule has 0 spiro atoms. The SMILES string of the molecule is CCCC(C)C(=O)Nc1cccc(-c2nc3ccccc3[nH]2)c1. The number of carbonyl (C=O) groups excluding carboxylic acids is 1. The van der Waals surface area contributed by atoms with Crippen LogP contribution < -0.4 is 5.32 Å². The summed E-state index contributed by atoms with van der Waals surface area (Å²) in [6.07, 6.45) is 1.91. The van der Waals surface area contributed by atoms with Crippen LogP contribution in [0, 0.1) is 5.92 Å². The van der Waals surface area contributed by atoms with Gasteiger partial charge in [-0.05, 0) is 30.7 Å². The van der Waals surface area contributed by atoms with Gasteiger partial charge in [0.05, 0.1) is 11.0 Å². The van der Waals surface area contributed by atoms with E-state index >= 15 is 0 Å². The topological polar surface area (TPSA) is 57.8 Å². The second kappa shape index (κ2) is 6.65. The number of hydrogen-bond acceptors (Lipinski definition) is 2. The molecule has 23 heavy (non-hydrogen) atoms. The first-order chi connectivity index (χ1) is 11.2. The van der Waals surface area contributed by atoms with Gasteiger partial charge in [-0.25, -0.2) is 4.98 Å². The molecule has 4 heteroatoms. The van der Waals surface area contributed by atoms with Crippen LogP contribution in [0.2, 0.25) is 0 Å². The molecule has 0 fully saturated rings. The summed E-state index contributed by atoms with van der Waals surface area (Å²) in [7, 11) is 0. The van der Waals surface area contributed by atoms with E-state index in [2.05, 4.69) is 22.2 Å². The Labute approximate surface area is 136 Å². The highest BCUT2D eigenvalue weighted by Crippen LogP contribution is 2.23. The number of aromatic amines is 1. The molecule has 0 aliphatic heterocycles. The molecule has 1 aromatic heterocycles. The molecule has 2 aromatic carbocycles. The van der Waals surface area contributed by atoms with E-state index in [1.807, 2.05) is 55.5 Å². The van der Waals surface area contributed by atoms with Crippen molar-refractivity contribution in [3.05, 3.63) is 48.5 Å². The summed E-state index contributed by atoms with van der Waals surface area (Å²) in [6, 6.07) is 15.7. The normalized spacial score (nSPS) is 12.3. The zero-order chi connectivity index (χ0) is 16.2. The first-order valence-corrected chi connectivity index (χ1v) is 8.03. The molecule has 0 saturated carbocycles. The van der Waals surface area contributed by atoms with Gasteiger partial charge < -0.3 is 10.3 Å². The number of fused-ring (bicyclic) bond motifs is 1. The molecule has 3 rings (SSSR count). The Bertz CT molecular complexity index is 789. The van der Waals surface area contributed by atoms with Crippen LogP contribution in [0.3, 0.4) is 0 Å². The number of nitrogens with one attached hydrogen (secondary N) is 2. The number of benzene rings is 2. The van der Waals surface area contributed by atoms with Crippen molar-refractivity contribution < 1.29 is 4.79 Å². The minimum Gasteiger partial charge on any atom is -0.338 e. The van der Waals surface area contributed by atoms with Crippen LogP contribution in [0.25, 0.3) is 22.4 Å². The van der Waals surface area contributed by atoms with Crippen LogP contribution in [-0.2, 0) is 4.79 Å². The summed E-state index contributed by atoms with van der Waals surface area (Å²) in [6.45, 7) is 4.05. The third-order valence-corrected chi connectivity index (χ3v) is 3.96. The first-order valence-electron chi connectivity index (χ1n) is 8.03. The zero-order valence-corrected chi connectivity index (χ0v) is 13.5. The van der Waals surface area contributed by atoms with Crippen LogP contribution in [0.4, 0.5) is 5.69 Å². The lowest BCUT2D eigenvalue weighted by Gasteiger charge is -2.11. The number of amides is 1. The Kier molecular flexibility index (Phi) is 4.42. The second-order valence-corrected chi connectivity index (χ2v) is 5.86. The van der Waals surface area contributed by atoms with Crippen LogP contribution in [0.1, 0.15) is 26.7 Å². The third-order valence-electron chi connectivity index (χ3n) is 3.96. The van der Waals surface area contributed by atoms with E-state index in [9.17, 15) is 4.79 Å². The fourth-order valence-electron chi connectivity index (χ4n) is 2.66. The van der Waals surface area contributed by atoms with Gasteiger partial charge in [-0.2, -0.15) is 0 Å². The van der Waals surface area contributed by atoms with Crippen molar-refractivity contribution in [2.75, 3.05) is 5.32 Å². The molecule has 0 bridgehead atoms. The van der Waals surface area contributed by atoms with E-state index in [0.717, 1.165) is 41.0 Å². The maximum atomic E-state index is 12.2. The van der Waals surface area contributed by atoms with E-state index in [1.165, 1.54) is 0 Å². The van der Waals surface area contributed by atoms with Gasteiger partial charge in [0.1, 0.15) is 5.82 Å². The average Bonchev–Trinajstić information content (AvgIpc) is 2.99. The maximum absolute atomic E-state index is 12.2. The lowest BCUT2D eigenvalue weighted by molar-refractivity contribution is -0.119. The smallest absolute Gasteiger partial charge is 0.227 e. The van der Waals surface area contributed by atoms with Crippen LogP contribution in [0.5, 0.6) is 0 Å². The minimum atomic E-state index is 0.0230. The Morgan fingerprint density at radius 2 is 2.04 bits per heavy atom. The van der Waals surface area contributed by atoms with Gasteiger partial charge in [-0.15, -0.1) is 0 Å². The highest BCUT2D eigenvalue weighted by Gasteiger charge is 2.12. The number of aromatic nitrogens is 2. The highest BCUT2D eigenvalue weighted by atomic mass is 16.1. The largest absolute Gasteiger partial charge is 0.338 e. The molecule has 4 nitrogen and oxygen atoms in total. The first kappa shape index (κ1) is 15.3. The van der Waals surface area contributed by atoms with Gasteiger partial charge in [0, 0.05) is 17.2 Å². The Hall–Kier alpha value is -2.62. The summed E-state index contributed by atoms with van der Waals surface area (Å²) < 4.78 is 0. The number of para-hydroxylation sites is 2. The van der Waals surface area contributed by atoms with Gasteiger partial charge in [-0.3, -0.25) is 4.79 Å². The Balaban J connectivity index is 1.83. The Morgan fingerprint density at radius 3 is 2.83 bits per heavy atom. The molecule has 0 radical (unpaired) electrons. The van der Waals surface area contributed by atoms with Crippen molar-refractivity contribution in [3.8, 4) is 11.4 Å². The van der Waals surface area contributed by atoms with E-state index in [4.69, 9.17) is 0 Å². The van der Waals surface area contributed by atoms with Gasteiger partial charge in [0.2, 0.25) is 5.91 Å². The fourth-order valence-corrected chi connectivity index (χ4v) is 2.66. The quantitative estimate of drug-likeness (QED) is 0.723. The number of carbonyl (C=O) groups is 1. The van der Waals surface area contributed by atoms with E-state index < -0.39 is 0 Å². The fraction of sp³-hybridized carbons (Fsp3) is 0.263. The van der Waals surface area contributed by atoms with Gasteiger partial charge in [0.25, 0.3) is 0 Å². The minimum absolute atomic E-state index is 0.0230. The monoisotopic (exact) mass is 307 g/mol. The Morgan fingerprint density at radius 1 is 1.22 bits per heavy atom. The molecular weight excluding hydrogens is 286 g/mol. The highest BCUT2D eigenvalue weighted by molar-refractivity contribution is 5.93. The molecule has 1 atom stereocenters. The lowest BCUT2D eigenvalue weighted by atomic mass is 10.1. The van der Waals surface area contributed by atoms with Crippen molar-refractivity contribution in [3.63, 3.8) is 0 Å². The number of hydrogen-bond donors (Lipinski definition) is 2. The standard InChI is InChI=1S/C19H21N3O/c1-3-7-13(2)19(23)20-15-9-6-8-14(12-15)18-21-16-10-4-5-11-17(16)22-18/h4-6,8-13H,3,7H2,1-2H3,(H,20,23)(H,21,22). The summed E-state index contributed by atoms with van der Waals surface area (Å²) >= 11 is 0. The van der Waals surface area contributed by atoms with Crippen molar-refractivity contribution in [2.45, 2.75) is 26.7 Å². The summed E-state index contributed by atoms with van der Waals surface area (Å²) in [5, 5.41) is 2.99. The summed E-state index contributed by atoms with van der Waals surface area (Å²) in [4.78, 5) is 20.1. The van der Waals surface area contributed by atoms with Crippen LogP contribution in [0.15, 0.2) is 48.5 Å². The lowest BCUT2D eigenvalue weighted by Crippen LogP contribution is -2.20. The van der Waals surface area contributed by atoms with Gasteiger partial charge >= 0.3 is 0 Å². The van der Waals surface area contributed by atoms with Crippen LogP contribution in [-0.4, -0.2) is 15.9 Å². The number of rotatable bonds is 5. The average molecular weight is 307 g/mol. The molecule has 118 valence electrons. The summed E-state index contributed by atoms with van der Waals surface area (Å²) in [5.74, 6) is 0.896. The molecule has 0 aliphatic carbocycles. The van der Waals surface area contributed by atoms with Crippen molar-refractivity contribution >= 4 is 22.6 Å². The number of anilines is 1. The van der Waals surface area contributed by atoms with Crippen LogP contribution >= 0.6 is 0 Å². The number of H-pyrrole nitrogens is 1. The second-order valence-electron chi connectivity index (χ2n) is 5.86. The zero-order valence-electron chi connectivity index (χ0n) is 13.5. The molecule has 1 heterocycles. The molecule has 1 amide bonds. The number of nitrogens with zero attached hydrogens (tertiary/aromatic N) is 1. The molecule has 0 aliphatic rings. The van der Waals surface area contributed by atoms with E-state index in [0.29, 0.717) is 0 Å². The summed E-state index contributed by atoms with van der Waals surface area (Å²) in [5.41, 5.74) is 3.71. The number of imidazole rings is 1. The predicted octanol–water partition coefficient (Wildman–Crippen LogP) is 4.60. The van der Waals surface area contributed by atoms with Gasteiger partial charge in [0.15, 0.2) is 0 Å². The molecule has 3 aromatic rings. The van der Waals surface area contributed by atoms with E-state index in [1.54, 1.807) is 0 Å². The molecule has 1 unspecified atom stereocenters.